The third kappa shape index (κ3) is 3.76. The highest BCUT2D eigenvalue weighted by Crippen LogP contribution is 2.20. The minimum Gasteiger partial charge on any atom is -0.367 e. The fourth-order valence-electron chi connectivity index (χ4n) is 2.72. The van der Waals surface area contributed by atoms with Gasteiger partial charge in [0.25, 0.3) is 0 Å². The molecule has 0 radical (unpaired) electrons. The second-order valence-corrected chi connectivity index (χ2v) is 5.83. The summed E-state index contributed by atoms with van der Waals surface area (Å²) >= 11 is 0. The maximum atomic E-state index is 13.5. The lowest BCUT2D eigenvalue weighted by molar-refractivity contribution is -0.136. The van der Waals surface area contributed by atoms with Crippen LogP contribution in [0.15, 0.2) is 30.6 Å². The summed E-state index contributed by atoms with van der Waals surface area (Å²) in [5.74, 6) is -3.92. The summed E-state index contributed by atoms with van der Waals surface area (Å²) < 4.78 is 28.7. The number of carbonyl (C=O) groups is 2. The van der Waals surface area contributed by atoms with Gasteiger partial charge in [-0.2, -0.15) is 5.10 Å². The Bertz CT molecular complexity index is 787. The molecule has 7 nitrogen and oxygen atoms in total. The average Bonchev–Trinajstić information content (AvgIpc) is 3.19. The highest BCUT2D eigenvalue weighted by molar-refractivity contribution is 6.39. The van der Waals surface area contributed by atoms with Crippen molar-refractivity contribution in [2.75, 3.05) is 23.3 Å². The molecule has 0 spiro atoms. The highest BCUT2D eigenvalue weighted by atomic mass is 19.1. The van der Waals surface area contributed by atoms with Crippen LogP contribution in [0, 0.1) is 11.6 Å². The molecule has 1 aromatic heterocycles. The Morgan fingerprint density at radius 2 is 1.96 bits per heavy atom. The molecule has 3 rings (SSSR count). The number of anilines is 2. The summed E-state index contributed by atoms with van der Waals surface area (Å²) in [4.78, 5) is 25.9. The number of rotatable bonds is 3. The van der Waals surface area contributed by atoms with E-state index >= 15 is 0 Å². The summed E-state index contributed by atoms with van der Waals surface area (Å²) in [6, 6.07) is 2.94. The van der Waals surface area contributed by atoms with Crippen LogP contribution in [0.4, 0.5) is 20.2 Å². The van der Waals surface area contributed by atoms with Crippen molar-refractivity contribution in [1.29, 1.82) is 0 Å². The monoisotopic (exact) mass is 349 g/mol. The number of halogens is 2. The van der Waals surface area contributed by atoms with Crippen LogP contribution in [0.1, 0.15) is 6.42 Å². The Hall–Kier alpha value is -2.97. The smallest absolute Gasteiger partial charge is 0.313 e. The van der Waals surface area contributed by atoms with Gasteiger partial charge >= 0.3 is 11.8 Å². The number of aryl methyl sites for hydroxylation is 1. The molecule has 132 valence electrons. The van der Waals surface area contributed by atoms with Gasteiger partial charge in [0.15, 0.2) is 0 Å². The van der Waals surface area contributed by atoms with Crippen LogP contribution in [0.2, 0.25) is 0 Å². The lowest BCUT2D eigenvalue weighted by Crippen LogP contribution is -2.43. The summed E-state index contributed by atoms with van der Waals surface area (Å²) in [7, 11) is 1.81. The topological polar surface area (TPSA) is 79.3 Å². The summed E-state index contributed by atoms with van der Waals surface area (Å²) in [5, 5.41) is 8.64. The van der Waals surface area contributed by atoms with E-state index in [0.29, 0.717) is 19.5 Å². The Morgan fingerprint density at radius 1 is 1.24 bits per heavy atom. The Kier molecular flexibility index (Phi) is 4.64. The van der Waals surface area contributed by atoms with Crippen LogP contribution in [0.25, 0.3) is 0 Å². The van der Waals surface area contributed by atoms with Crippen molar-refractivity contribution >= 4 is 23.2 Å². The van der Waals surface area contributed by atoms with Crippen molar-refractivity contribution in [2.24, 2.45) is 7.05 Å². The number of hydrogen-bond acceptors (Lipinski definition) is 4. The second-order valence-electron chi connectivity index (χ2n) is 5.83. The van der Waals surface area contributed by atoms with Crippen LogP contribution >= 0.6 is 0 Å². The van der Waals surface area contributed by atoms with Crippen LogP contribution in [0.5, 0.6) is 0 Å². The van der Waals surface area contributed by atoms with Crippen molar-refractivity contribution in [2.45, 2.75) is 12.5 Å². The SMILES string of the molecule is Cn1cc(N2CCC(NC(=O)C(=O)Nc3c(F)cccc3F)C2)cn1. The van der Waals surface area contributed by atoms with Gasteiger partial charge in [0, 0.05) is 32.4 Å². The van der Waals surface area contributed by atoms with Crippen LogP contribution in [0.3, 0.4) is 0 Å². The van der Waals surface area contributed by atoms with E-state index in [1.807, 2.05) is 23.5 Å². The number of hydrogen-bond donors (Lipinski definition) is 2. The lowest BCUT2D eigenvalue weighted by atomic mass is 10.2. The van der Waals surface area contributed by atoms with E-state index in [-0.39, 0.29) is 6.04 Å². The van der Waals surface area contributed by atoms with Gasteiger partial charge in [-0.05, 0) is 18.6 Å². The fourth-order valence-corrected chi connectivity index (χ4v) is 2.72. The van der Waals surface area contributed by atoms with E-state index in [1.54, 1.807) is 10.9 Å². The van der Waals surface area contributed by atoms with Gasteiger partial charge in [0.05, 0.1) is 11.9 Å². The van der Waals surface area contributed by atoms with E-state index in [1.165, 1.54) is 6.07 Å². The lowest BCUT2D eigenvalue weighted by Gasteiger charge is -2.16. The Morgan fingerprint density at radius 3 is 2.60 bits per heavy atom. The zero-order valence-electron chi connectivity index (χ0n) is 13.5. The van der Waals surface area contributed by atoms with E-state index in [9.17, 15) is 18.4 Å². The van der Waals surface area contributed by atoms with Gasteiger partial charge in [-0.1, -0.05) is 6.07 Å². The average molecular weight is 349 g/mol. The van der Waals surface area contributed by atoms with Gasteiger partial charge in [-0.25, -0.2) is 8.78 Å². The van der Waals surface area contributed by atoms with Gasteiger partial charge in [-0.15, -0.1) is 0 Å². The normalized spacial score (nSPS) is 16.8. The number of benzene rings is 1. The molecule has 2 N–H and O–H groups in total. The molecule has 2 aromatic rings. The zero-order chi connectivity index (χ0) is 18.0. The molecule has 0 aliphatic carbocycles. The molecule has 1 unspecified atom stereocenters. The Labute approximate surface area is 142 Å². The molecule has 1 saturated heterocycles. The second kappa shape index (κ2) is 6.88. The first-order chi connectivity index (χ1) is 11.9. The Balaban J connectivity index is 1.56. The molecule has 1 fully saturated rings. The van der Waals surface area contributed by atoms with Gasteiger partial charge in [0.1, 0.15) is 17.3 Å². The minimum atomic E-state index is -1.11. The van der Waals surface area contributed by atoms with E-state index in [2.05, 4.69) is 10.4 Å². The molecule has 1 aliphatic heterocycles. The number of aromatic nitrogens is 2. The van der Waals surface area contributed by atoms with Gasteiger partial charge in [0.2, 0.25) is 0 Å². The van der Waals surface area contributed by atoms with Crippen LogP contribution in [-0.4, -0.2) is 40.7 Å². The number of amides is 2. The number of para-hydroxylation sites is 1. The molecular weight excluding hydrogens is 332 g/mol. The molecule has 1 aromatic carbocycles. The first kappa shape index (κ1) is 16.9. The molecular formula is C16H17F2N5O2. The molecule has 1 atom stereocenters. The number of nitrogens with zero attached hydrogens (tertiary/aromatic N) is 3. The molecule has 0 saturated carbocycles. The summed E-state index contributed by atoms with van der Waals surface area (Å²) in [6.45, 7) is 1.24. The van der Waals surface area contributed by atoms with E-state index in [0.717, 1.165) is 17.8 Å². The molecule has 2 heterocycles. The van der Waals surface area contributed by atoms with Crippen molar-refractivity contribution in [3.63, 3.8) is 0 Å². The van der Waals surface area contributed by atoms with Crippen molar-refractivity contribution in [3.05, 3.63) is 42.2 Å². The van der Waals surface area contributed by atoms with Gasteiger partial charge in [-0.3, -0.25) is 14.3 Å². The van der Waals surface area contributed by atoms with E-state index < -0.39 is 29.1 Å². The number of carbonyl (C=O) groups excluding carboxylic acids is 2. The maximum Gasteiger partial charge on any atom is 0.313 e. The molecule has 1 aliphatic rings. The van der Waals surface area contributed by atoms with E-state index in [4.69, 9.17) is 0 Å². The standard InChI is InChI=1S/C16H17F2N5O2/c1-22-9-11(7-19-22)23-6-5-10(8-23)20-15(24)16(25)21-14-12(17)3-2-4-13(14)18/h2-4,7,9-10H,5-6,8H2,1H3,(H,20,24)(H,21,25). The molecule has 2 amide bonds. The predicted octanol–water partition coefficient (Wildman–Crippen LogP) is 1.03. The quantitative estimate of drug-likeness (QED) is 0.812. The fraction of sp³-hybridized carbons (Fsp3) is 0.312. The molecule has 25 heavy (non-hydrogen) atoms. The summed E-state index contributed by atoms with van der Waals surface area (Å²) in [6.07, 6.45) is 4.23. The minimum absolute atomic E-state index is 0.232. The van der Waals surface area contributed by atoms with Crippen molar-refractivity contribution in [1.82, 2.24) is 15.1 Å². The zero-order valence-corrected chi connectivity index (χ0v) is 13.5. The van der Waals surface area contributed by atoms with Crippen LogP contribution in [-0.2, 0) is 16.6 Å². The maximum absolute atomic E-state index is 13.5. The predicted molar refractivity (Wildman–Crippen MR) is 87.0 cm³/mol. The highest BCUT2D eigenvalue weighted by Gasteiger charge is 2.27. The van der Waals surface area contributed by atoms with Gasteiger partial charge < -0.3 is 15.5 Å². The molecule has 0 bridgehead atoms. The van der Waals surface area contributed by atoms with Crippen molar-refractivity contribution in [3.8, 4) is 0 Å². The summed E-state index contributed by atoms with van der Waals surface area (Å²) in [5.41, 5.74) is 0.295. The molecule has 9 heteroatoms. The first-order valence-electron chi connectivity index (χ1n) is 7.73. The largest absolute Gasteiger partial charge is 0.367 e. The third-order valence-corrected chi connectivity index (χ3v) is 3.99. The van der Waals surface area contributed by atoms with Crippen LogP contribution < -0.4 is 15.5 Å². The van der Waals surface area contributed by atoms with Crippen molar-refractivity contribution < 1.29 is 18.4 Å². The number of nitrogens with one attached hydrogen (secondary N) is 2. The first-order valence-corrected chi connectivity index (χ1v) is 7.73. The third-order valence-electron chi connectivity index (χ3n) is 3.99.